The molecule has 3 aliphatic carbocycles. The minimum Gasteiger partial charge on any atom is -0.427 e. The minimum atomic E-state index is -0.281. The molecule has 7 atom stereocenters. The lowest BCUT2D eigenvalue weighted by Crippen LogP contribution is -2.44. The van der Waals surface area contributed by atoms with Crippen LogP contribution in [0.1, 0.15) is 80.1 Å². The van der Waals surface area contributed by atoms with Crippen molar-refractivity contribution in [1.82, 2.24) is 0 Å². The maximum atomic E-state index is 12.7. The standard InChI is InChI=1S/C28H40O3/c1-17(2)18(3)7-8-19(4)22-9-10-23-21-16-26(30)31-25-15-20(29)11-13-28(25,6)24(21)12-14-27(22,23)5/h7-8,15-19,22-24H,9-14H2,1-6H3/b8-7+/t18-,19-,22-,23?,24?,27-,28-/m1/s1. The van der Waals surface area contributed by atoms with Crippen molar-refractivity contribution in [3.63, 3.8) is 0 Å². The zero-order valence-corrected chi connectivity index (χ0v) is 20.2. The van der Waals surface area contributed by atoms with E-state index in [1.807, 2.05) is 6.08 Å². The Balaban J connectivity index is 1.63. The molecule has 31 heavy (non-hydrogen) atoms. The number of allylic oxidation sites excluding steroid dienone is 5. The molecule has 0 amide bonds. The summed E-state index contributed by atoms with van der Waals surface area (Å²) in [6, 6.07) is 0. The van der Waals surface area contributed by atoms with Gasteiger partial charge in [0.25, 0.3) is 0 Å². The average Bonchev–Trinajstić information content (AvgIpc) is 3.01. The van der Waals surface area contributed by atoms with Crippen LogP contribution in [0.3, 0.4) is 0 Å². The van der Waals surface area contributed by atoms with Crippen LogP contribution in [0, 0.1) is 46.3 Å². The third kappa shape index (κ3) is 3.76. The topological polar surface area (TPSA) is 43.4 Å². The van der Waals surface area contributed by atoms with Crippen molar-refractivity contribution >= 4 is 11.8 Å². The van der Waals surface area contributed by atoms with E-state index in [1.165, 1.54) is 18.4 Å². The summed E-state index contributed by atoms with van der Waals surface area (Å²) in [6.45, 7) is 14.0. The Morgan fingerprint density at radius 3 is 2.42 bits per heavy atom. The zero-order chi connectivity index (χ0) is 22.6. The van der Waals surface area contributed by atoms with E-state index in [4.69, 9.17) is 4.74 Å². The highest BCUT2D eigenvalue weighted by Crippen LogP contribution is 2.65. The van der Waals surface area contributed by atoms with Crippen LogP contribution in [0.5, 0.6) is 0 Å². The Labute approximate surface area is 188 Å². The van der Waals surface area contributed by atoms with Gasteiger partial charge in [0.1, 0.15) is 5.76 Å². The Bertz CT molecular complexity index is 846. The molecule has 0 bridgehead atoms. The second-order valence-electron chi connectivity index (χ2n) is 11.6. The number of carbonyl (C=O) groups excluding carboxylic acids is 2. The van der Waals surface area contributed by atoms with Gasteiger partial charge in [-0.05, 0) is 73.0 Å². The summed E-state index contributed by atoms with van der Waals surface area (Å²) in [6.07, 6.45) is 14.3. The van der Waals surface area contributed by atoms with Crippen LogP contribution >= 0.6 is 0 Å². The first-order chi connectivity index (χ1) is 14.6. The maximum Gasteiger partial charge on any atom is 0.335 e. The molecule has 0 aromatic carbocycles. The third-order valence-electron chi connectivity index (χ3n) is 9.60. The number of carbonyl (C=O) groups is 2. The monoisotopic (exact) mass is 424 g/mol. The van der Waals surface area contributed by atoms with Gasteiger partial charge in [-0.1, -0.05) is 59.3 Å². The van der Waals surface area contributed by atoms with Gasteiger partial charge >= 0.3 is 5.97 Å². The molecule has 1 heterocycles. The highest BCUT2D eigenvalue weighted by molar-refractivity contribution is 5.93. The summed E-state index contributed by atoms with van der Waals surface area (Å²) in [5, 5.41) is 0. The van der Waals surface area contributed by atoms with Crippen molar-refractivity contribution in [1.29, 1.82) is 0 Å². The number of esters is 1. The van der Waals surface area contributed by atoms with E-state index in [-0.39, 0.29) is 22.6 Å². The predicted octanol–water partition coefficient (Wildman–Crippen LogP) is 6.65. The van der Waals surface area contributed by atoms with Crippen molar-refractivity contribution in [3.05, 3.63) is 35.6 Å². The molecular weight excluding hydrogens is 384 g/mol. The summed E-state index contributed by atoms with van der Waals surface area (Å²) < 4.78 is 5.74. The average molecular weight is 425 g/mol. The van der Waals surface area contributed by atoms with Crippen LogP contribution in [0.4, 0.5) is 0 Å². The fourth-order valence-corrected chi connectivity index (χ4v) is 7.15. The molecule has 4 aliphatic rings. The van der Waals surface area contributed by atoms with Gasteiger partial charge < -0.3 is 4.74 Å². The molecule has 0 radical (unpaired) electrons. The van der Waals surface area contributed by atoms with Crippen LogP contribution in [0.25, 0.3) is 0 Å². The van der Waals surface area contributed by atoms with E-state index < -0.39 is 0 Å². The molecule has 0 spiro atoms. The van der Waals surface area contributed by atoms with Gasteiger partial charge in [-0.25, -0.2) is 4.79 Å². The number of ketones is 1. The summed E-state index contributed by atoms with van der Waals surface area (Å²) in [5.74, 6) is 3.62. The lowest BCUT2D eigenvalue weighted by atomic mass is 9.53. The molecule has 0 saturated heterocycles. The van der Waals surface area contributed by atoms with Crippen LogP contribution < -0.4 is 0 Å². The molecule has 4 rings (SSSR count). The first-order valence-electron chi connectivity index (χ1n) is 12.4. The Morgan fingerprint density at radius 2 is 1.71 bits per heavy atom. The van der Waals surface area contributed by atoms with Crippen LogP contribution in [-0.2, 0) is 14.3 Å². The Hall–Kier alpha value is -1.64. The van der Waals surface area contributed by atoms with Crippen molar-refractivity contribution in [2.24, 2.45) is 46.3 Å². The van der Waals surface area contributed by atoms with Gasteiger partial charge in [-0.3, -0.25) is 4.79 Å². The molecular formula is C28H40O3. The summed E-state index contributed by atoms with van der Waals surface area (Å²) in [7, 11) is 0. The molecule has 3 nitrogen and oxygen atoms in total. The second-order valence-corrected chi connectivity index (χ2v) is 11.6. The van der Waals surface area contributed by atoms with Gasteiger partial charge in [0.2, 0.25) is 0 Å². The van der Waals surface area contributed by atoms with E-state index in [9.17, 15) is 9.59 Å². The van der Waals surface area contributed by atoms with Gasteiger partial charge in [-0.15, -0.1) is 0 Å². The van der Waals surface area contributed by atoms with Crippen LogP contribution in [-0.4, -0.2) is 11.8 Å². The Morgan fingerprint density at radius 1 is 0.968 bits per heavy atom. The molecule has 170 valence electrons. The molecule has 0 N–H and O–H groups in total. The summed E-state index contributed by atoms with van der Waals surface area (Å²) >= 11 is 0. The van der Waals surface area contributed by atoms with Crippen LogP contribution in [0.2, 0.25) is 0 Å². The predicted molar refractivity (Wildman–Crippen MR) is 124 cm³/mol. The molecule has 2 saturated carbocycles. The maximum absolute atomic E-state index is 12.7. The highest BCUT2D eigenvalue weighted by Gasteiger charge is 2.57. The lowest BCUT2D eigenvalue weighted by molar-refractivity contribution is -0.136. The SMILES string of the molecule is CC(C)[C@H](C)/C=C/[C@@H](C)[C@H]1CCC2C3=CC(=O)OC4=CC(=O)CC[C@]4(C)C3CC[C@@]21C. The Kier molecular flexibility index (Phi) is 5.85. The molecule has 2 fully saturated rings. The fourth-order valence-electron chi connectivity index (χ4n) is 7.15. The van der Waals surface area contributed by atoms with Crippen molar-refractivity contribution in [2.75, 3.05) is 0 Å². The first-order valence-corrected chi connectivity index (χ1v) is 12.4. The molecule has 2 unspecified atom stereocenters. The smallest absolute Gasteiger partial charge is 0.335 e. The summed E-state index contributed by atoms with van der Waals surface area (Å²) in [5.41, 5.74) is 1.31. The van der Waals surface area contributed by atoms with E-state index in [2.05, 4.69) is 53.7 Å². The number of rotatable bonds is 4. The number of hydrogen-bond donors (Lipinski definition) is 0. The largest absolute Gasteiger partial charge is 0.427 e. The fraction of sp³-hybridized carbons (Fsp3) is 0.714. The van der Waals surface area contributed by atoms with Gasteiger partial charge in [0.05, 0.1) is 0 Å². The van der Waals surface area contributed by atoms with Gasteiger partial charge in [0, 0.05) is 24.0 Å². The van der Waals surface area contributed by atoms with E-state index in [0.29, 0.717) is 47.7 Å². The van der Waals surface area contributed by atoms with E-state index >= 15 is 0 Å². The van der Waals surface area contributed by atoms with Crippen molar-refractivity contribution in [3.8, 4) is 0 Å². The third-order valence-corrected chi connectivity index (χ3v) is 9.60. The van der Waals surface area contributed by atoms with Gasteiger partial charge in [0.15, 0.2) is 5.78 Å². The van der Waals surface area contributed by atoms with E-state index in [0.717, 1.165) is 19.3 Å². The zero-order valence-electron chi connectivity index (χ0n) is 20.2. The van der Waals surface area contributed by atoms with Crippen molar-refractivity contribution in [2.45, 2.75) is 80.1 Å². The molecule has 0 aromatic heterocycles. The lowest BCUT2D eigenvalue weighted by Gasteiger charge is -2.51. The normalized spacial score (nSPS) is 39.8. The quantitative estimate of drug-likeness (QED) is 0.375. The van der Waals surface area contributed by atoms with E-state index in [1.54, 1.807) is 6.08 Å². The second kappa shape index (κ2) is 8.05. The number of fused-ring (bicyclic) bond motifs is 5. The molecule has 0 aromatic rings. The highest BCUT2D eigenvalue weighted by atomic mass is 16.5. The first kappa shape index (κ1) is 22.6. The molecule has 3 heteroatoms. The van der Waals surface area contributed by atoms with Gasteiger partial charge in [-0.2, -0.15) is 0 Å². The molecule has 1 aliphatic heterocycles. The number of hydrogen-bond acceptors (Lipinski definition) is 3. The minimum absolute atomic E-state index is 0.0848. The number of ether oxygens (including phenoxy) is 1. The van der Waals surface area contributed by atoms with Crippen molar-refractivity contribution < 1.29 is 14.3 Å². The van der Waals surface area contributed by atoms with Crippen LogP contribution in [0.15, 0.2) is 35.6 Å². The summed E-state index contributed by atoms with van der Waals surface area (Å²) in [4.78, 5) is 24.8.